The number of allylic oxidation sites excluding steroid dienone is 1. The van der Waals surface area contributed by atoms with Gasteiger partial charge in [0.2, 0.25) is 0 Å². The molecule has 126 valence electrons. The molecule has 0 amide bonds. The van der Waals surface area contributed by atoms with Crippen molar-refractivity contribution in [1.29, 1.82) is 0 Å². The van der Waals surface area contributed by atoms with Crippen LogP contribution in [0.4, 0.5) is 0 Å². The van der Waals surface area contributed by atoms with Gasteiger partial charge in [-0.3, -0.25) is 0 Å². The molecule has 2 aromatic rings. The zero-order valence-corrected chi connectivity index (χ0v) is 14.7. The number of aryl methyl sites for hydroxylation is 1. The first-order valence-corrected chi connectivity index (χ1v) is 9.26. The molecule has 1 aliphatic carbocycles. The molecule has 0 heterocycles. The second-order valence-electron chi connectivity index (χ2n) is 6.94. The summed E-state index contributed by atoms with van der Waals surface area (Å²) in [5.41, 5.74) is 6.87. The first-order valence-electron chi connectivity index (χ1n) is 9.26. The first kappa shape index (κ1) is 17.0. The Labute approximate surface area is 146 Å². The molecular weight excluding hydrogens is 292 g/mol. The molecule has 0 aromatic heterocycles. The minimum atomic E-state index is 0.270. The third-order valence-electron chi connectivity index (χ3n) is 5.18. The summed E-state index contributed by atoms with van der Waals surface area (Å²) in [4.78, 5) is 0. The maximum Gasteiger partial charge on any atom is 0.0434 e. The van der Waals surface area contributed by atoms with Gasteiger partial charge in [0.05, 0.1) is 0 Å². The van der Waals surface area contributed by atoms with Crippen molar-refractivity contribution in [2.45, 2.75) is 45.4 Å². The summed E-state index contributed by atoms with van der Waals surface area (Å²) in [5.74, 6) is 0.674. The lowest BCUT2D eigenvalue weighted by atomic mass is 9.83. The molecule has 0 unspecified atom stereocenters. The third-order valence-corrected chi connectivity index (χ3v) is 5.18. The van der Waals surface area contributed by atoms with Gasteiger partial charge >= 0.3 is 0 Å². The molecule has 0 spiro atoms. The topological polar surface area (TPSA) is 20.2 Å². The number of hydrogen-bond acceptors (Lipinski definition) is 1. The lowest BCUT2D eigenvalue weighted by molar-refractivity contribution is 0.287. The van der Waals surface area contributed by atoms with Crippen LogP contribution in [-0.2, 0) is 0 Å². The highest BCUT2D eigenvalue weighted by Crippen LogP contribution is 2.40. The fourth-order valence-electron chi connectivity index (χ4n) is 3.94. The normalized spacial score (nSPS) is 16.2. The van der Waals surface area contributed by atoms with Crippen molar-refractivity contribution in [2.24, 2.45) is 5.92 Å². The largest absolute Gasteiger partial charge is 0.396 e. The van der Waals surface area contributed by atoms with E-state index < -0.39 is 0 Å². The van der Waals surface area contributed by atoms with Crippen molar-refractivity contribution < 1.29 is 5.11 Å². The molecule has 3 rings (SSSR count). The summed E-state index contributed by atoms with van der Waals surface area (Å²) in [6.07, 6.45) is 7.12. The van der Waals surface area contributed by atoms with E-state index in [2.05, 4.69) is 61.5 Å². The van der Waals surface area contributed by atoms with Gasteiger partial charge in [0.1, 0.15) is 0 Å². The van der Waals surface area contributed by atoms with Gasteiger partial charge in [-0.05, 0) is 55.2 Å². The Morgan fingerprint density at radius 1 is 0.917 bits per heavy atom. The smallest absolute Gasteiger partial charge is 0.0434 e. The van der Waals surface area contributed by atoms with Crippen molar-refractivity contribution in [2.75, 3.05) is 6.61 Å². The molecule has 0 saturated heterocycles. The van der Waals surface area contributed by atoms with Crippen LogP contribution in [0.25, 0.3) is 5.57 Å². The molecule has 1 N–H and O–H groups in total. The van der Waals surface area contributed by atoms with Crippen molar-refractivity contribution in [3.8, 4) is 0 Å². The number of hydrogen-bond donors (Lipinski definition) is 1. The van der Waals surface area contributed by atoms with E-state index in [4.69, 9.17) is 0 Å². The Morgan fingerprint density at radius 2 is 1.54 bits per heavy atom. The van der Waals surface area contributed by atoms with E-state index in [9.17, 15) is 5.11 Å². The number of aliphatic hydroxyl groups is 1. The summed E-state index contributed by atoms with van der Waals surface area (Å²) in [6, 6.07) is 19.7. The van der Waals surface area contributed by atoms with E-state index in [1.165, 1.54) is 47.9 Å². The molecule has 1 saturated carbocycles. The first-order chi connectivity index (χ1) is 11.8. The van der Waals surface area contributed by atoms with Gasteiger partial charge in [-0.1, -0.05) is 78.6 Å². The van der Waals surface area contributed by atoms with E-state index in [0.717, 1.165) is 12.8 Å². The van der Waals surface area contributed by atoms with E-state index >= 15 is 0 Å². The summed E-state index contributed by atoms with van der Waals surface area (Å²) in [7, 11) is 0. The second kappa shape index (κ2) is 8.30. The zero-order chi connectivity index (χ0) is 16.8. The van der Waals surface area contributed by atoms with Crippen molar-refractivity contribution in [3.63, 3.8) is 0 Å². The number of rotatable bonds is 6. The van der Waals surface area contributed by atoms with Crippen LogP contribution in [0, 0.1) is 12.8 Å². The van der Waals surface area contributed by atoms with E-state index in [1.54, 1.807) is 5.57 Å². The molecule has 24 heavy (non-hydrogen) atoms. The average Bonchev–Trinajstić information content (AvgIpc) is 3.15. The van der Waals surface area contributed by atoms with Crippen LogP contribution in [0.5, 0.6) is 0 Å². The van der Waals surface area contributed by atoms with Crippen molar-refractivity contribution in [3.05, 3.63) is 76.9 Å². The van der Waals surface area contributed by atoms with Crippen LogP contribution in [0.3, 0.4) is 0 Å². The summed E-state index contributed by atoms with van der Waals surface area (Å²) in [5, 5.41) is 9.39. The highest BCUT2D eigenvalue weighted by Gasteiger charge is 2.23. The fraction of sp³-hybridized carbons (Fsp3) is 0.391. The Hall–Kier alpha value is -1.86. The van der Waals surface area contributed by atoms with Crippen LogP contribution in [-0.4, -0.2) is 11.7 Å². The van der Waals surface area contributed by atoms with Gasteiger partial charge in [0.25, 0.3) is 0 Å². The number of aliphatic hydroxyl groups excluding tert-OH is 1. The maximum absolute atomic E-state index is 9.39. The molecule has 1 fully saturated rings. The molecule has 1 heteroatoms. The van der Waals surface area contributed by atoms with E-state index in [1.807, 2.05) is 0 Å². The molecule has 1 aliphatic rings. The van der Waals surface area contributed by atoms with Gasteiger partial charge < -0.3 is 5.11 Å². The minimum absolute atomic E-state index is 0.270. The third kappa shape index (κ3) is 3.96. The Bertz CT molecular complexity index is 661. The number of benzene rings is 2. The van der Waals surface area contributed by atoms with Gasteiger partial charge in [-0.15, -0.1) is 0 Å². The average molecular weight is 320 g/mol. The van der Waals surface area contributed by atoms with Crippen LogP contribution in [0.2, 0.25) is 0 Å². The van der Waals surface area contributed by atoms with Crippen LogP contribution >= 0.6 is 0 Å². The second-order valence-corrected chi connectivity index (χ2v) is 6.94. The lowest BCUT2D eigenvalue weighted by Crippen LogP contribution is -2.05. The Balaban J connectivity index is 2.13. The molecule has 0 atom stereocenters. The quantitative estimate of drug-likeness (QED) is 0.717. The van der Waals surface area contributed by atoms with Crippen molar-refractivity contribution in [1.82, 2.24) is 0 Å². The van der Waals surface area contributed by atoms with Gasteiger partial charge in [0, 0.05) is 6.61 Å². The monoisotopic (exact) mass is 320 g/mol. The Kier molecular flexibility index (Phi) is 5.87. The molecule has 0 aliphatic heterocycles. The van der Waals surface area contributed by atoms with Gasteiger partial charge in [-0.25, -0.2) is 0 Å². The van der Waals surface area contributed by atoms with Crippen molar-refractivity contribution >= 4 is 5.57 Å². The molecule has 1 nitrogen and oxygen atoms in total. The predicted molar refractivity (Wildman–Crippen MR) is 102 cm³/mol. The highest BCUT2D eigenvalue weighted by atomic mass is 16.2. The van der Waals surface area contributed by atoms with Gasteiger partial charge in [0.15, 0.2) is 0 Å². The SMILES string of the molecule is Cc1ccc(/C(=C(\CCCO)C2CCCC2)c2ccccc2)cc1. The van der Waals surface area contributed by atoms with E-state index in [-0.39, 0.29) is 6.61 Å². The Morgan fingerprint density at radius 3 is 2.17 bits per heavy atom. The molecule has 0 radical (unpaired) electrons. The summed E-state index contributed by atoms with van der Waals surface area (Å²) < 4.78 is 0. The predicted octanol–water partition coefficient (Wildman–Crippen LogP) is 5.76. The zero-order valence-electron chi connectivity index (χ0n) is 14.7. The molecule has 2 aromatic carbocycles. The maximum atomic E-state index is 9.39. The lowest BCUT2D eigenvalue weighted by Gasteiger charge is -2.22. The highest BCUT2D eigenvalue weighted by molar-refractivity contribution is 5.82. The molecular formula is C23H28O. The van der Waals surface area contributed by atoms with Crippen LogP contribution < -0.4 is 0 Å². The van der Waals surface area contributed by atoms with E-state index in [0.29, 0.717) is 5.92 Å². The fourth-order valence-corrected chi connectivity index (χ4v) is 3.94. The van der Waals surface area contributed by atoms with Crippen LogP contribution in [0.1, 0.15) is 55.2 Å². The van der Waals surface area contributed by atoms with Gasteiger partial charge in [-0.2, -0.15) is 0 Å². The summed E-state index contributed by atoms with van der Waals surface area (Å²) >= 11 is 0. The molecule has 0 bridgehead atoms. The minimum Gasteiger partial charge on any atom is -0.396 e. The van der Waals surface area contributed by atoms with Crippen LogP contribution in [0.15, 0.2) is 60.2 Å². The summed E-state index contributed by atoms with van der Waals surface area (Å²) in [6.45, 7) is 2.41. The standard InChI is InChI=1S/C23H28O/c1-18-13-15-21(16-14-18)23(20-10-3-2-4-11-20)22(12-7-17-24)19-8-5-6-9-19/h2-4,10-11,13-16,19,24H,5-9,12,17H2,1H3/b23-22+.